The van der Waals surface area contributed by atoms with E-state index in [1.165, 1.54) is 28.9 Å². The standard InChI is InChI=1S/C15H17FN4O2/c1-10(21)19-8-2-3-11(9-19)14-17-15(22)20(18-14)13-6-4-12(16)5-7-13/h4-7,11H,2-3,8-9H2,1H3,(H,17,18,22). The van der Waals surface area contributed by atoms with Crippen LogP contribution in [0.15, 0.2) is 29.1 Å². The number of hydrogen-bond donors (Lipinski definition) is 1. The second-order valence-corrected chi connectivity index (χ2v) is 5.51. The first-order valence-corrected chi connectivity index (χ1v) is 7.25. The lowest BCUT2D eigenvalue weighted by atomic mass is 9.97. The minimum Gasteiger partial charge on any atom is -0.342 e. The second kappa shape index (κ2) is 5.75. The number of carbonyl (C=O) groups is 1. The zero-order valence-electron chi connectivity index (χ0n) is 12.3. The molecule has 1 fully saturated rings. The third-order valence-corrected chi connectivity index (χ3v) is 3.96. The van der Waals surface area contributed by atoms with Gasteiger partial charge in [-0.2, -0.15) is 4.68 Å². The van der Waals surface area contributed by atoms with E-state index in [1.54, 1.807) is 11.8 Å². The van der Waals surface area contributed by atoms with Crippen LogP contribution in [0.25, 0.3) is 5.69 Å². The third kappa shape index (κ3) is 2.79. The molecule has 22 heavy (non-hydrogen) atoms. The van der Waals surface area contributed by atoms with Gasteiger partial charge >= 0.3 is 5.69 Å². The van der Waals surface area contributed by atoms with E-state index in [4.69, 9.17) is 0 Å². The van der Waals surface area contributed by atoms with E-state index < -0.39 is 0 Å². The van der Waals surface area contributed by atoms with Crippen molar-refractivity contribution in [1.82, 2.24) is 19.7 Å². The highest BCUT2D eigenvalue weighted by Gasteiger charge is 2.26. The molecule has 2 heterocycles. The third-order valence-electron chi connectivity index (χ3n) is 3.96. The Hall–Kier alpha value is -2.44. The monoisotopic (exact) mass is 304 g/mol. The molecule has 1 saturated heterocycles. The summed E-state index contributed by atoms with van der Waals surface area (Å²) in [6.45, 7) is 2.85. The van der Waals surface area contributed by atoms with Crippen molar-refractivity contribution >= 4 is 5.91 Å². The number of nitrogens with one attached hydrogen (secondary N) is 1. The predicted octanol–water partition coefficient (Wildman–Crippen LogP) is 1.43. The summed E-state index contributed by atoms with van der Waals surface area (Å²) >= 11 is 0. The van der Waals surface area contributed by atoms with Gasteiger partial charge in [0.2, 0.25) is 5.91 Å². The van der Waals surface area contributed by atoms with E-state index in [9.17, 15) is 14.0 Å². The Morgan fingerprint density at radius 2 is 2.09 bits per heavy atom. The van der Waals surface area contributed by atoms with Gasteiger partial charge in [0.25, 0.3) is 0 Å². The molecule has 1 unspecified atom stereocenters. The molecular weight excluding hydrogens is 287 g/mol. The summed E-state index contributed by atoms with van der Waals surface area (Å²) in [6, 6.07) is 5.58. The lowest BCUT2D eigenvalue weighted by Crippen LogP contribution is -2.38. The number of halogens is 1. The molecule has 3 rings (SSSR count). The van der Waals surface area contributed by atoms with Crippen molar-refractivity contribution in [3.63, 3.8) is 0 Å². The van der Waals surface area contributed by atoms with Crippen molar-refractivity contribution in [3.05, 3.63) is 46.4 Å². The maximum atomic E-state index is 13.0. The van der Waals surface area contributed by atoms with Gasteiger partial charge in [0, 0.05) is 25.9 Å². The molecule has 0 spiro atoms. The fourth-order valence-electron chi connectivity index (χ4n) is 2.77. The van der Waals surface area contributed by atoms with Crippen molar-refractivity contribution in [1.29, 1.82) is 0 Å². The maximum absolute atomic E-state index is 13.0. The van der Waals surface area contributed by atoms with E-state index in [0.29, 0.717) is 18.1 Å². The predicted molar refractivity (Wildman–Crippen MR) is 78.4 cm³/mol. The SMILES string of the molecule is CC(=O)N1CCCC(c2nn(-c3ccc(F)cc3)c(=O)[nH]2)C1. The van der Waals surface area contributed by atoms with E-state index in [0.717, 1.165) is 19.4 Å². The molecule has 2 aromatic rings. The Labute approximate surface area is 126 Å². The Bertz CT molecular complexity index is 735. The number of nitrogens with zero attached hydrogens (tertiary/aromatic N) is 3. The molecule has 6 nitrogen and oxygen atoms in total. The Morgan fingerprint density at radius 3 is 2.77 bits per heavy atom. The highest BCUT2D eigenvalue weighted by Crippen LogP contribution is 2.24. The average molecular weight is 304 g/mol. The number of benzene rings is 1. The van der Waals surface area contributed by atoms with Crippen LogP contribution >= 0.6 is 0 Å². The number of aromatic nitrogens is 3. The molecule has 0 radical (unpaired) electrons. The lowest BCUT2D eigenvalue weighted by molar-refractivity contribution is -0.130. The number of carbonyl (C=O) groups excluding carboxylic acids is 1. The fourth-order valence-corrected chi connectivity index (χ4v) is 2.77. The van der Waals surface area contributed by atoms with Gasteiger partial charge in [-0.1, -0.05) is 0 Å². The first-order chi connectivity index (χ1) is 10.5. The van der Waals surface area contributed by atoms with Crippen molar-refractivity contribution in [2.45, 2.75) is 25.7 Å². The summed E-state index contributed by atoms with van der Waals surface area (Å²) in [4.78, 5) is 28.1. The Balaban J connectivity index is 1.87. The van der Waals surface area contributed by atoms with Crippen LogP contribution in [-0.2, 0) is 4.79 Å². The van der Waals surface area contributed by atoms with Crippen LogP contribution in [0.5, 0.6) is 0 Å². The molecule has 1 N–H and O–H groups in total. The highest BCUT2D eigenvalue weighted by atomic mass is 19.1. The zero-order valence-corrected chi connectivity index (χ0v) is 12.3. The number of amides is 1. The number of H-pyrrole nitrogens is 1. The molecule has 0 aliphatic carbocycles. The van der Waals surface area contributed by atoms with Crippen LogP contribution in [0.1, 0.15) is 31.5 Å². The summed E-state index contributed by atoms with van der Waals surface area (Å²) in [7, 11) is 0. The van der Waals surface area contributed by atoms with Gasteiger partial charge in [-0.25, -0.2) is 9.18 Å². The topological polar surface area (TPSA) is 71.0 Å². The molecule has 1 atom stereocenters. The minimum absolute atomic E-state index is 0.0204. The normalized spacial score (nSPS) is 18.5. The van der Waals surface area contributed by atoms with Crippen molar-refractivity contribution in [3.8, 4) is 5.69 Å². The van der Waals surface area contributed by atoms with Gasteiger partial charge in [-0.3, -0.25) is 9.78 Å². The Morgan fingerprint density at radius 1 is 1.36 bits per heavy atom. The van der Waals surface area contributed by atoms with Crippen LogP contribution in [0.3, 0.4) is 0 Å². The smallest absolute Gasteiger partial charge is 0.342 e. The number of likely N-dealkylation sites (tertiary alicyclic amines) is 1. The van der Waals surface area contributed by atoms with Crippen LogP contribution in [0.4, 0.5) is 4.39 Å². The van der Waals surface area contributed by atoms with Gasteiger partial charge in [-0.15, -0.1) is 5.10 Å². The van der Waals surface area contributed by atoms with E-state index >= 15 is 0 Å². The van der Waals surface area contributed by atoms with Gasteiger partial charge in [0.1, 0.15) is 11.6 Å². The summed E-state index contributed by atoms with van der Waals surface area (Å²) in [6.07, 6.45) is 1.76. The largest absolute Gasteiger partial charge is 0.348 e. The first kappa shape index (κ1) is 14.5. The van der Waals surface area contributed by atoms with Gasteiger partial charge in [0.05, 0.1) is 5.69 Å². The lowest BCUT2D eigenvalue weighted by Gasteiger charge is -2.30. The van der Waals surface area contributed by atoms with E-state index in [-0.39, 0.29) is 23.3 Å². The summed E-state index contributed by atoms with van der Waals surface area (Å²) < 4.78 is 14.2. The molecule has 1 amide bonds. The highest BCUT2D eigenvalue weighted by molar-refractivity contribution is 5.73. The second-order valence-electron chi connectivity index (χ2n) is 5.51. The summed E-state index contributed by atoms with van der Waals surface area (Å²) in [5.74, 6) is 0.259. The molecule has 1 aromatic carbocycles. The van der Waals surface area contributed by atoms with Gasteiger partial charge in [-0.05, 0) is 37.1 Å². The van der Waals surface area contributed by atoms with E-state index in [1.807, 2.05) is 0 Å². The molecule has 7 heteroatoms. The fraction of sp³-hybridized carbons (Fsp3) is 0.400. The molecule has 0 bridgehead atoms. The van der Waals surface area contributed by atoms with Crippen LogP contribution in [-0.4, -0.2) is 38.7 Å². The molecule has 1 aromatic heterocycles. The number of rotatable bonds is 2. The Kier molecular flexibility index (Phi) is 3.79. The quantitative estimate of drug-likeness (QED) is 0.912. The number of piperidine rings is 1. The minimum atomic E-state index is -0.364. The molecule has 116 valence electrons. The summed E-state index contributed by atoms with van der Waals surface area (Å²) in [5, 5.41) is 4.32. The molecule has 1 aliphatic heterocycles. The van der Waals surface area contributed by atoms with Crippen molar-refractivity contribution < 1.29 is 9.18 Å². The molecule has 1 aliphatic rings. The molecule has 0 saturated carbocycles. The zero-order chi connectivity index (χ0) is 15.7. The first-order valence-electron chi connectivity index (χ1n) is 7.25. The van der Waals surface area contributed by atoms with Crippen LogP contribution < -0.4 is 5.69 Å². The van der Waals surface area contributed by atoms with Crippen LogP contribution in [0, 0.1) is 5.82 Å². The van der Waals surface area contributed by atoms with Gasteiger partial charge < -0.3 is 4.90 Å². The van der Waals surface area contributed by atoms with Crippen molar-refractivity contribution in [2.75, 3.05) is 13.1 Å². The average Bonchev–Trinajstić information content (AvgIpc) is 2.90. The molecular formula is C15H17FN4O2. The maximum Gasteiger partial charge on any atom is 0.348 e. The summed E-state index contributed by atoms with van der Waals surface area (Å²) in [5.41, 5.74) is 0.148. The number of hydrogen-bond acceptors (Lipinski definition) is 3. The van der Waals surface area contributed by atoms with Gasteiger partial charge in [0.15, 0.2) is 0 Å². The van der Waals surface area contributed by atoms with Crippen molar-refractivity contribution in [2.24, 2.45) is 0 Å². The number of aromatic amines is 1. The van der Waals surface area contributed by atoms with Crippen LogP contribution in [0.2, 0.25) is 0 Å². The van der Waals surface area contributed by atoms with E-state index in [2.05, 4.69) is 10.1 Å².